The minimum absolute atomic E-state index is 0.0284. The number of H-pyrrole nitrogens is 2. The summed E-state index contributed by atoms with van der Waals surface area (Å²) in [5, 5.41) is 3.01. The Labute approximate surface area is 407 Å². The highest BCUT2D eigenvalue weighted by atomic mass is 16.6. The summed E-state index contributed by atoms with van der Waals surface area (Å²) in [5.41, 5.74) is 6.07. The molecule has 0 spiro atoms. The smallest absolute Gasteiger partial charge is 0.433 e. The van der Waals surface area contributed by atoms with E-state index in [1.807, 2.05) is 82.9 Å². The number of ether oxygens (including phenoxy) is 2. The van der Waals surface area contributed by atoms with Crippen LogP contribution in [0.4, 0.5) is 9.59 Å². The maximum atomic E-state index is 14.5. The summed E-state index contributed by atoms with van der Waals surface area (Å²) in [6, 6.07) is 35.6. The number of alkyl carbamates (subject to hydrolysis) is 1. The summed E-state index contributed by atoms with van der Waals surface area (Å²) in [4.78, 5) is 78.9. The number of aromatic nitrogens is 4. The zero-order valence-electron chi connectivity index (χ0n) is 39.4. The number of nitrogens with one attached hydrogen (secondary N) is 3. The van der Waals surface area contributed by atoms with Gasteiger partial charge in [0.15, 0.2) is 0 Å². The van der Waals surface area contributed by atoms with Gasteiger partial charge in [-0.3, -0.25) is 9.59 Å². The van der Waals surface area contributed by atoms with Gasteiger partial charge in [-0.2, -0.15) is 4.99 Å². The van der Waals surface area contributed by atoms with Crippen LogP contribution in [0.1, 0.15) is 99.8 Å². The van der Waals surface area contributed by atoms with E-state index >= 15 is 0 Å². The summed E-state index contributed by atoms with van der Waals surface area (Å²) in [7, 11) is 0. The van der Waals surface area contributed by atoms with Gasteiger partial charge in [-0.1, -0.05) is 116 Å². The van der Waals surface area contributed by atoms with Crippen molar-refractivity contribution in [2.45, 2.75) is 113 Å². The van der Waals surface area contributed by atoms with Gasteiger partial charge in [-0.15, -0.1) is 0 Å². The number of amides is 4. The molecular weight excluding hydrogens is 881 g/mol. The van der Waals surface area contributed by atoms with Crippen LogP contribution in [0.3, 0.4) is 0 Å². The second kappa shape index (κ2) is 18.9. The summed E-state index contributed by atoms with van der Waals surface area (Å²) >= 11 is 0. The molecule has 70 heavy (non-hydrogen) atoms. The molecule has 14 heteroatoms. The molecular formula is C56H58N8O6. The number of carbonyl (C=O) groups is 4. The predicted octanol–water partition coefficient (Wildman–Crippen LogP) is 9.85. The summed E-state index contributed by atoms with van der Waals surface area (Å²) in [5.74, 6) is 0.908. The molecule has 4 aliphatic carbocycles. The number of hydrogen-bond acceptors (Lipinski definition) is 8. The quantitative estimate of drug-likeness (QED) is 0.0804. The van der Waals surface area contributed by atoms with Crippen LogP contribution in [0.2, 0.25) is 0 Å². The van der Waals surface area contributed by atoms with E-state index in [9.17, 15) is 19.2 Å². The summed E-state index contributed by atoms with van der Waals surface area (Å²) in [6.45, 7) is 3.52. The lowest BCUT2D eigenvalue weighted by molar-refractivity contribution is -0.135. The first-order valence-electron chi connectivity index (χ1n) is 25.0. The van der Waals surface area contributed by atoms with Gasteiger partial charge in [-0.05, 0) is 104 Å². The molecule has 4 unspecified atom stereocenters. The molecule has 4 aromatic carbocycles. The Morgan fingerprint density at radius 3 is 2.01 bits per heavy atom. The Kier molecular flexibility index (Phi) is 12.2. The molecule has 1 aliphatic heterocycles. The van der Waals surface area contributed by atoms with Crippen molar-refractivity contribution in [3.05, 3.63) is 144 Å². The molecule has 3 N–H and O–H groups in total. The second-order valence-electron chi connectivity index (χ2n) is 19.7. The molecule has 1 saturated heterocycles. The maximum absolute atomic E-state index is 14.5. The number of nitrogens with zero attached hydrogens (tertiary/aromatic N) is 5. The lowest BCUT2D eigenvalue weighted by Gasteiger charge is -2.30. The topological polar surface area (TPSA) is 175 Å². The Morgan fingerprint density at radius 1 is 0.771 bits per heavy atom. The van der Waals surface area contributed by atoms with Gasteiger partial charge in [0.05, 0.1) is 47.7 Å². The minimum Gasteiger partial charge on any atom is -0.446 e. The Balaban J connectivity index is 0.743. The number of fused-ring (bicyclic) bond motifs is 1. The van der Waals surface area contributed by atoms with Crippen LogP contribution in [-0.4, -0.2) is 91.3 Å². The van der Waals surface area contributed by atoms with Crippen LogP contribution >= 0.6 is 0 Å². The van der Waals surface area contributed by atoms with E-state index in [4.69, 9.17) is 19.4 Å². The number of imidazole rings is 2. The predicted molar refractivity (Wildman–Crippen MR) is 264 cm³/mol. The maximum Gasteiger partial charge on any atom is 0.433 e. The highest BCUT2D eigenvalue weighted by Crippen LogP contribution is 2.62. The molecule has 11 rings (SSSR count). The molecule has 5 atom stereocenters. The zero-order chi connectivity index (χ0) is 47.8. The van der Waals surface area contributed by atoms with Crippen molar-refractivity contribution in [3.63, 3.8) is 0 Å². The standard InChI is InChI=1S/C56H58N8O6/c1-2-28-63(52(66)55(41-13-7-4-8-14-41)31-48(55)62-54(68)70-44-17-10-18-44)35-49-57-33-46(60-49)39-23-19-36(20-24-39)37-21-25-40(26-22-37)47-34-58-51(61-47)56-30-42(56)27-29-64(56)50(65)45(38-11-5-3-6-12-38)32-59-53(67)69-43-15-9-16-43/h3-8,11-14,19-26,32-34,42-45,48H,2,9-10,15-18,27-31,35H2,1H3,(H,57,60)(H,58,61)(H,62,68)/b59-32-/t42-,45?,48?,55?,56?/m0/s1. The van der Waals surface area contributed by atoms with Crippen LogP contribution in [0.5, 0.6) is 0 Å². The lowest BCUT2D eigenvalue weighted by Crippen LogP contribution is -2.45. The summed E-state index contributed by atoms with van der Waals surface area (Å²) < 4.78 is 11.0. The van der Waals surface area contributed by atoms with E-state index in [-0.39, 0.29) is 30.1 Å². The number of piperidine rings is 1. The molecule has 0 radical (unpaired) electrons. The van der Waals surface area contributed by atoms with Crippen molar-refractivity contribution in [1.29, 1.82) is 0 Å². The average Bonchev–Trinajstić information content (AvgIpc) is 3.97. The number of benzene rings is 4. The van der Waals surface area contributed by atoms with Crippen LogP contribution in [0, 0.1) is 5.92 Å². The fraction of sp³-hybridized carbons (Fsp3) is 0.375. The Bertz CT molecular complexity index is 2890. The average molecular weight is 939 g/mol. The number of hydrogen-bond donors (Lipinski definition) is 3. The number of aliphatic imine (C=N–C) groups is 1. The third-order valence-corrected chi connectivity index (χ3v) is 15.3. The normalized spacial score (nSPS) is 22.9. The molecule has 3 heterocycles. The Morgan fingerprint density at radius 2 is 1.39 bits per heavy atom. The molecule has 0 bridgehead atoms. The first kappa shape index (κ1) is 45.1. The second-order valence-corrected chi connectivity index (χ2v) is 19.7. The SMILES string of the molecule is CCCN(Cc1ncc(-c2ccc(-c3ccc(-c4cnc(C56C[C@@H]5CCN6C(=O)C(/C=N\C(=O)OC5CCC5)c5ccccc5)[nH]4)cc3)cc2)[nH]1)C(=O)C1(c2ccccc2)CC1NC(=O)OC1CCC1. The van der Waals surface area contributed by atoms with E-state index < -0.39 is 29.1 Å². The third kappa shape index (κ3) is 8.68. The fourth-order valence-electron chi connectivity index (χ4n) is 10.7. The number of likely N-dealkylation sites (tertiary alicyclic amines) is 1. The van der Waals surface area contributed by atoms with Gasteiger partial charge in [0, 0.05) is 19.3 Å². The molecule has 2 aromatic heterocycles. The van der Waals surface area contributed by atoms with Crippen molar-refractivity contribution in [3.8, 4) is 33.6 Å². The van der Waals surface area contributed by atoms with E-state index in [2.05, 4.69) is 75.7 Å². The number of aromatic amines is 2. The highest BCUT2D eigenvalue weighted by Gasteiger charge is 2.67. The zero-order valence-corrected chi connectivity index (χ0v) is 39.4. The first-order valence-corrected chi connectivity index (χ1v) is 25.0. The minimum atomic E-state index is -0.863. The van der Waals surface area contributed by atoms with Crippen molar-refractivity contribution in [1.82, 2.24) is 35.1 Å². The molecule has 5 aliphatic rings. The van der Waals surface area contributed by atoms with Gasteiger partial charge >= 0.3 is 12.2 Å². The molecule has 14 nitrogen and oxygen atoms in total. The molecule has 6 aromatic rings. The largest absolute Gasteiger partial charge is 0.446 e. The van der Waals surface area contributed by atoms with Gasteiger partial charge < -0.3 is 34.6 Å². The first-order chi connectivity index (χ1) is 34.2. The van der Waals surface area contributed by atoms with E-state index in [0.29, 0.717) is 37.8 Å². The van der Waals surface area contributed by atoms with Crippen molar-refractivity contribution in [2.75, 3.05) is 13.1 Å². The number of rotatable bonds is 16. The van der Waals surface area contributed by atoms with E-state index in [0.717, 1.165) is 108 Å². The van der Waals surface area contributed by atoms with Crippen LogP contribution in [-0.2, 0) is 36.6 Å². The van der Waals surface area contributed by atoms with E-state index in [1.54, 1.807) is 0 Å². The van der Waals surface area contributed by atoms with Gasteiger partial charge in [0.25, 0.3) is 0 Å². The Hall–Kier alpha value is -7.35. The highest BCUT2D eigenvalue weighted by molar-refractivity contribution is 6.02. The fourth-order valence-corrected chi connectivity index (χ4v) is 10.7. The summed E-state index contributed by atoms with van der Waals surface area (Å²) in [6.07, 6.45) is 12.5. The molecule has 5 fully saturated rings. The van der Waals surface area contributed by atoms with E-state index in [1.165, 1.54) is 6.21 Å². The molecule has 4 amide bonds. The third-order valence-electron chi connectivity index (χ3n) is 15.3. The van der Waals surface area contributed by atoms with Gasteiger partial charge in [0.2, 0.25) is 11.8 Å². The monoisotopic (exact) mass is 938 g/mol. The van der Waals surface area contributed by atoms with Gasteiger partial charge in [-0.25, -0.2) is 19.6 Å². The molecule has 358 valence electrons. The number of carbonyl (C=O) groups excluding carboxylic acids is 4. The van der Waals surface area contributed by atoms with Gasteiger partial charge in [0.1, 0.15) is 29.4 Å². The van der Waals surface area contributed by atoms with Crippen LogP contribution < -0.4 is 5.32 Å². The van der Waals surface area contributed by atoms with Crippen molar-refractivity contribution < 1.29 is 28.7 Å². The van der Waals surface area contributed by atoms with Crippen LogP contribution in [0.15, 0.2) is 127 Å². The van der Waals surface area contributed by atoms with Crippen LogP contribution in [0.25, 0.3) is 33.6 Å². The van der Waals surface area contributed by atoms with Crippen molar-refractivity contribution >= 4 is 30.2 Å². The molecule has 4 saturated carbocycles. The van der Waals surface area contributed by atoms with Crippen molar-refractivity contribution in [2.24, 2.45) is 10.9 Å². The lowest BCUT2D eigenvalue weighted by atomic mass is 9.93.